The van der Waals surface area contributed by atoms with Crippen LogP contribution in [0.3, 0.4) is 0 Å². The molecule has 1 spiro atoms. The van der Waals surface area contributed by atoms with E-state index in [0.29, 0.717) is 0 Å². The lowest BCUT2D eigenvalue weighted by Gasteiger charge is -2.35. The van der Waals surface area contributed by atoms with E-state index in [1.165, 1.54) is 6.92 Å². The van der Waals surface area contributed by atoms with Crippen LogP contribution < -0.4 is 0 Å². The lowest BCUT2D eigenvalue weighted by atomic mass is 9.69. The van der Waals surface area contributed by atoms with Gasteiger partial charge in [-0.1, -0.05) is 19.9 Å². The third-order valence-corrected chi connectivity index (χ3v) is 7.16. The van der Waals surface area contributed by atoms with Crippen molar-refractivity contribution in [1.82, 2.24) is 0 Å². The van der Waals surface area contributed by atoms with Crippen LogP contribution in [-0.2, 0) is 19.1 Å². The molecule has 1 aliphatic heterocycles. The lowest BCUT2D eigenvalue weighted by molar-refractivity contribution is -0.148. The first-order chi connectivity index (χ1) is 9.79. The molecule has 6 atom stereocenters. The second-order valence-electron chi connectivity index (χ2n) is 7.60. The van der Waals surface area contributed by atoms with Gasteiger partial charge in [0.15, 0.2) is 5.78 Å². The Kier molecular flexibility index (Phi) is 2.19. The topological polar surface area (TPSA) is 60.4 Å². The Morgan fingerprint density at radius 3 is 2.76 bits per heavy atom. The van der Waals surface area contributed by atoms with Crippen molar-refractivity contribution in [3.05, 3.63) is 12.2 Å². The summed E-state index contributed by atoms with van der Waals surface area (Å²) in [6.07, 6.45) is 5.48. The van der Waals surface area contributed by atoms with Crippen LogP contribution in [0.25, 0.3) is 0 Å². The van der Waals surface area contributed by atoms with Gasteiger partial charge in [-0.05, 0) is 31.3 Å². The summed E-state index contributed by atoms with van der Waals surface area (Å²) in [5.74, 6) is -0.301. The van der Waals surface area contributed by atoms with Gasteiger partial charge >= 0.3 is 5.97 Å². The van der Waals surface area contributed by atoms with E-state index in [9.17, 15) is 14.4 Å². The number of carbonyl (C=O) groups is 3. The summed E-state index contributed by atoms with van der Waals surface area (Å²) < 4.78 is 5.72. The monoisotopic (exact) mass is 288 g/mol. The highest BCUT2D eigenvalue weighted by Crippen LogP contribution is 2.88. The van der Waals surface area contributed by atoms with E-state index < -0.39 is 5.41 Å². The Labute approximate surface area is 123 Å². The molecule has 4 heteroatoms. The lowest BCUT2D eigenvalue weighted by Crippen LogP contribution is -2.37. The first kappa shape index (κ1) is 13.2. The molecule has 0 aromatic carbocycles. The summed E-state index contributed by atoms with van der Waals surface area (Å²) in [4.78, 5) is 36.0. The molecule has 0 aromatic rings. The fourth-order valence-electron chi connectivity index (χ4n) is 5.87. The fraction of sp³-hybridized carbons (Fsp3) is 0.706. The first-order valence-electron chi connectivity index (χ1n) is 7.73. The molecule has 0 unspecified atom stereocenters. The minimum absolute atomic E-state index is 0.0278. The molecule has 0 amide bonds. The van der Waals surface area contributed by atoms with Crippen LogP contribution in [0.5, 0.6) is 0 Å². The second-order valence-corrected chi connectivity index (χ2v) is 7.60. The summed E-state index contributed by atoms with van der Waals surface area (Å²) in [6.45, 7) is 5.69. The van der Waals surface area contributed by atoms with Gasteiger partial charge in [-0.2, -0.15) is 0 Å². The van der Waals surface area contributed by atoms with Crippen molar-refractivity contribution in [2.75, 3.05) is 0 Å². The van der Waals surface area contributed by atoms with Gasteiger partial charge in [-0.25, -0.2) is 0 Å². The Morgan fingerprint density at radius 2 is 2.10 bits per heavy atom. The number of rotatable bonds is 2. The second kappa shape index (κ2) is 3.47. The van der Waals surface area contributed by atoms with Crippen LogP contribution in [0.1, 0.15) is 40.0 Å². The van der Waals surface area contributed by atoms with E-state index in [4.69, 9.17) is 4.74 Å². The van der Waals surface area contributed by atoms with Crippen LogP contribution in [0.2, 0.25) is 0 Å². The van der Waals surface area contributed by atoms with Crippen molar-refractivity contribution >= 4 is 17.5 Å². The predicted molar refractivity (Wildman–Crippen MR) is 74.2 cm³/mol. The molecule has 0 N–H and O–H groups in total. The molecule has 3 aliphatic carbocycles. The zero-order valence-corrected chi connectivity index (χ0v) is 12.6. The van der Waals surface area contributed by atoms with Crippen molar-refractivity contribution in [1.29, 1.82) is 0 Å². The Balaban J connectivity index is 1.76. The number of Topliss-reactive ketones (excluding diaryl/α,β-unsaturated/α-hetero) is 1. The number of hydrogen-bond acceptors (Lipinski definition) is 4. The van der Waals surface area contributed by atoms with E-state index in [2.05, 4.69) is 6.92 Å². The van der Waals surface area contributed by atoms with Crippen molar-refractivity contribution in [3.8, 4) is 0 Å². The molecule has 0 bridgehead atoms. The zero-order valence-electron chi connectivity index (χ0n) is 12.6. The SMILES string of the molecule is CC(=O)C[C@@H]1C(=O)O[C@H]2[C@H]1CC[C@]1(C)[C@@]3(C)C(=O)C=C[C@]213. The van der Waals surface area contributed by atoms with Crippen molar-refractivity contribution < 1.29 is 19.1 Å². The molecule has 112 valence electrons. The standard InChI is InChI=1S/C17H20O4/c1-9(18)8-11-10-4-6-15(2)16(3)12(19)5-7-17(15,16)13(10)21-14(11)20/h5,7,10-11,13H,4,6,8H2,1-3H3/t10-,11-,13-,15+,16+,17-/m0/s1. The average Bonchev–Trinajstić information content (AvgIpc) is 2.63. The average molecular weight is 288 g/mol. The molecule has 2 saturated carbocycles. The highest BCUT2D eigenvalue weighted by molar-refractivity contribution is 6.04. The quantitative estimate of drug-likeness (QED) is 0.730. The van der Waals surface area contributed by atoms with Crippen LogP contribution in [-0.4, -0.2) is 23.6 Å². The third kappa shape index (κ3) is 1.11. The molecule has 4 nitrogen and oxygen atoms in total. The highest BCUT2D eigenvalue weighted by atomic mass is 16.6. The van der Waals surface area contributed by atoms with Gasteiger partial charge in [0.2, 0.25) is 0 Å². The molecule has 0 radical (unpaired) electrons. The predicted octanol–water partition coefficient (Wildman–Crippen LogP) is 2.07. The molecule has 0 aromatic heterocycles. The Morgan fingerprint density at radius 1 is 1.38 bits per heavy atom. The normalized spacial score (nSPS) is 53.0. The van der Waals surface area contributed by atoms with Crippen molar-refractivity contribution in [2.24, 2.45) is 28.1 Å². The summed E-state index contributed by atoms with van der Waals surface area (Å²) in [5, 5.41) is 0. The van der Waals surface area contributed by atoms with Gasteiger partial charge in [0.05, 0.1) is 5.92 Å². The molecular formula is C17H20O4. The van der Waals surface area contributed by atoms with Crippen molar-refractivity contribution in [3.63, 3.8) is 0 Å². The summed E-state index contributed by atoms with van der Waals surface area (Å²) >= 11 is 0. The van der Waals surface area contributed by atoms with Crippen molar-refractivity contribution in [2.45, 2.75) is 46.1 Å². The number of fused-ring (bicyclic) bond motifs is 2. The summed E-state index contributed by atoms with van der Waals surface area (Å²) in [5.41, 5.74) is -0.857. The minimum Gasteiger partial charge on any atom is -0.461 e. The third-order valence-electron chi connectivity index (χ3n) is 7.16. The van der Waals surface area contributed by atoms with Crippen LogP contribution in [0, 0.1) is 28.1 Å². The fourth-order valence-corrected chi connectivity index (χ4v) is 5.87. The van der Waals surface area contributed by atoms with E-state index in [-0.39, 0.29) is 52.7 Å². The molecule has 1 saturated heterocycles. The van der Waals surface area contributed by atoms with E-state index >= 15 is 0 Å². The van der Waals surface area contributed by atoms with Gasteiger partial charge in [-0.3, -0.25) is 9.59 Å². The summed E-state index contributed by atoms with van der Waals surface area (Å²) in [7, 11) is 0. The Bertz CT molecular complexity index is 620. The van der Waals surface area contributed by atoms with Gasteiger partial charge in [-0.15, -0.1) is 0 Å². The first-order valence-corrected chi connectivity index (χ1v) is 7.73. The largest absolute Gasteiger partial charge is 0.461 e. The van der Waals surface area contributed by atoms with E-state index in [1.54, 1.807) is 6.08 Å². The number of ketones is 2. The van der Waals surface area contributed by atoms with E-state index in [1.807, 2.05) is 13.0 Å². The maximum absolute atomic E-state index is 12.4. The van der Waals surface area contributed by atoms with Gasteiger partial charge in [0.1, 0.15) is 11.9 Å². The maximum atomic E-state index is 12.4. The van der Waals surface area contributed by atoms with Gasteiger partial charge in [0, 0.05) is 23.2 Å². The van der Waals surface area contributed by atoms with Crippen LogP contribution >= 0.6 is 0 Å². The van der Waals surface area contributed by atoms with Gasteiger partial charge in [0.25, 0.3) is 0 Å². The van der Waals surface area contributed by atoms with Crippen LogP contribution in [0.4, 0.5) is 0 Å². The Hall–Kier alpha value is -1.45. The van der Waals surface area contributed by atoms with Gasteiger partial charge < -0.3 is 9.53 Å². The minimum atomic E-state index is -0.426. The maximum Gasteiger partial charge on any atom is 0.310 e. The van der Waals surface area contributed by atoms with E-state index in [0.717, 1.165) is 12.8 Å². The zero-order chi connectivity index (χ0) is 15.2. The molecule has 3 fully saturated rings. The highest BCUT2D eigenvalue weighted by Gasteiger charge is 2.90. The number of carbonyl (C=O) groups excluding carboxylic acids is 3. The number of ether oxygens (including phenoxy) is 1. The van der Waals surface area contributed by atoms with Crippen LogP contribution in [0.15, 0.2) is 12.2 Å². The summed E-state index contributed by atoms with van der Waals surface area (Å²) in [6, 6.07) is 0. The molecule has 1 heterocycles. The number of esters is 1. The number of allylic oxidation sites excluding steroid dienone is 1. The molecular weight excluding hydrogens is 268 g/mol. The molecule has 4 aliphatic rings. The molecule has 21 heavy (non-hydrogen) atoms. The molecule has 4 rings (SSSR count). The smallest absolute Gasteiger partial charge is 0.310 e. The number of hydrogen-bond donors (Lipinski definition) is 0.